The molecule has 0 atom stereocenters. The fraction of sp³-hybridized carbons (Fsp3) is 0.286. The quantitative estimate of drug-likeness (QED) is 0.601. The van der Waals surface area contributed by atoms with E-state index < -0.39 is 5.97 Å². The third-order valence-electron chi connectivity index (χ3n) is 1.39. The lowest BCUT2D eigenvalue weighted by Gasteiger charge is -1.98. The van der Waals surface area contributed by atoms with Gasteiger partial charge in [0.05, 0.1) is 7.11 Å². The van der Waals surface area contributed by atoms with Crippen LogP contribution in [0.3, 0.4) is 0 Å². The van der Waals surface area contributed by atoms with Crippen LogP contribution in [-0.2, 0) is 9.53 Å². The Morgan fingerprint density at radius 2 is 2.38 bits per heavy atom. The highest BCUT2D eigenvalue weighted by Crippen LogP contribution is 1.80. The molecule has 0 bridgehead atoms. The predicted molar refractivity (Wildman–Crippen MR) is 41.8 cm³/mol. The molecule has 0 saturated heterocycles. The summed E-state index contributed by atoms with van der Waals surface area (Å²) in [5, 5.41) is 2.37. The molecule has 70 valence electrons. The van der Waals surface area contributed by atoms with Crippen molar-refractivity contribution in [3.8, 4) is 0 Å². The van der Waals surface area contributed by atoms with Gasteiger partial charge in [-0.25, -0.2) is 9.78 Å². The first-order chi connectivity index (χ1) is 6.24. The lowest BCUT2D eigenvalue weighted by Crippen LogP contribution is -2.33. The summed E-state index contributed by atoms with van der Waals surface area (Å²) in [5.74, 6) is -0.482. The Bertz CT molecular complexity index is 294. The average molecular weight is 184 g/mol. The van der Waals surface area contributed by atoms with Crippen LogP contribution in [0.25, 0.3) is 0 Å². The SMILES string of the molecule is COC(=O)CNC(=O)n1cc[nH+]c1. The molecule has 6 heteroatoms. The summed E-state index contributed by atoms with van der Waals surface area (Å²) in [5.41, 5.74) is 0. The number of esters is 1. The number of methoxy groups -OCH3 is 1. The van der Waals surface area contributed by atoms with Gasteiger partial charge in [0, 0.05) is 0 Å². The molecule has 0 aliphatic heterocycles. The van der Waals surface area contributed by atoms with Crippen LogP contribution >= 0.6 is 0 Å². The van der Waals surface area contributed by atoms with Crippen LogP contribution in [0.15, 0.2) is 18.7 Å². The number of aromatic amines is 1. The van der Waals surface area contributed by atoms with E-state index >= 15 is 0 Å². The smallest absolute Gasteiger partial charge is 0.413 e. The number of imidazole rings is 1. The Balaban J connectivity index is 2.39. The number of aromatic nitrogens is 2. The Morgan fingerprint density at radius 1 is 1.62 bits per heavy atom. The van der Waals surface area contributed by atoms with E-state index in [9.17, 15) is 9.59 Å². The van der Waals surface area contributed by atoms with E-state index in [4.69, 9.17) is 0 Å². The average Bonchev–Trinajstić information content (AvgIpc) is 2.66. The number of amides is 1. The molecule has 1 aromatic rings. The van der Waals surface area contributed by atoms with Gasteiger partial charge in [0.15, 0.2) is 0 Å². The van der Waals surface area contributed by atoms with Crippen LogP contribution in [0.5, 0.6) is 0 Å². The Morgan fingerprint density at radius 3 is 2.92 bits per heavy atom. The van der Waals surface area contributed by atoms with Crippen molar-refractivity contribution >= 4 is 12.0 Å². The Hall–Kier alpha value is -1.85. The highest BCUT2D eigenvalue weighted by atomic mass is 16.5. The highest BCUT2D eigenvalue weighted by Gasteiger charge is 2.10. The molecule has 0 aliphatic carbocycles. The van der Waals surface area contributed by atoms with Crippen LogP contribution < -0.4 is 10.3 Å². The van der Waals surface area contributed by atoms with Crippen molar-refractivity contribution in [3.05, 3.63) is 18.7 Å². The molecule has 1 amide bonds. The number of hydrogen-bond acceptors (Lipinski definition) is 3. The first kappa shape index (κ1) is 9.24. The minimum Gasteiger partial charge on any atom is -0.468 e. The van der Waals surface area contributed by atoms with Gasteiger partial charge in [0.25, 0.3) is 6.33 Å². The third kappa shape index (κ3) is 2.58. The number of carbonyl (C=O) groups is 2. The molecule has 0 fully saturated rings. The molecule has 13 heavy (non-hydrogen) atoms. The van der Waals surface area contributed by atoms with E-state index in [1.807, 2.05) is 0 Å². The molecule has 0 aromatic carbocycles. The van der Waals surface area contributed by atoms with Crippen LogP contribution in [0.4, 0.5) is 4.79 Å². The summed E-state index contributed by atoms with van der Waals surface area (Å²) in [4.78, 5) is 24.5. The first-order valence-corrected chi connectivity index (χ1v) is 3.63. The van der Waals surface area contributed by atoms with Crippen molar-refractivity contribution < 1.29 is 19.3 Å². The minimum absolute atomic E-state index is 0.131. The number of nitrogens with one attached hydrogen (secondary N) is 2. The van der Waals surface area contributed by atoms with Gasteiger partial charge >= 0.3 is 12.0 Å². The van der Waals surface area contributed by atoms with Gasteiger partial charge in [-0.3, -0.25) is 4.79 Å². The van der Waals surface area contributed by atoms with Crippen molar-refractivity contribution in [2.45, 2.75) is 0 Å². The van der Waals surface area contributed by atoms with Gasteiger partial charge < -0.3 is 10.1 Å². The largest absolute Gasteiger partial charge is 0.468 e. The number of carbonyl (C=O) groups excluding carboxylic acids is 2. The molecule has 0 unspecified atom stereocenters. The number of H-pyrrole nitrogens is 1. The second-order valence-corrected chi connectivity index (χ2v) is 2.25. The lowest BCUT2D eigenvalue weighted by atomic mass is 10.6. The first-order valence-electron chi connectivity index (χ1n) is 3.63. The van der Waals surface area contributed by atoms with Gasteiger partial charge in [-0.1, -0.05) is 0 Å². The lowest BCUT2D eigenvalue weighted by molar-refractivity contribution is -0.376. The van der Waals surface area contributed by atoms with E-state index in [2.05, 4.69) is 15.0 Å². The maximum absolute atomic E-state index is 11.2. The zero-order valence-corrected chi connectivity index (χ0v) is 7.11. The fourth-order valence-electron chi connectivity index (χ4n) is 0.727. The maximum Gasteiger partial charge on any atom is 0.413 e. The molecular formula is C7H10N3O3+. The van der Waals surface area contributed by atoms with Gasteiger partial charge in [-0.05, 0) is 0 Å². The second-order valence-electron chi connectivity index (χ2n) is 2.25. The van der Waals surface area contributed by atoms with Crippen LogP contribution in [0.2, 0.25) is 0 Å². The molecule has 1 heterocycles. The van der Waals surface area contributed by atoms with E-state index in [-0.39, 0.29) is 12.6 Å². The van der Waals surface area contributed by atoms with Gasteiger partial charge in [0.2, 0.25) is 0 Å². The molecule has 0 spiro atoms. The number of hydrogen-bond donors (Lipinski definition) is 1. The molecule has 0 radical (unpaired) electrons. The molecule has 6 nitrogen and oxygen atoms in total. The summed E-state index contributed by atoms with van der Waals surface area (Å²) in [7, 11) is 1.26. The molecule has 1 aromatic heterocycles. The number of ether oxygens (including phenoxy) is 1. The summed E-state index contributed by atoms with van der Waals surface area (Å²) >= 11 is 0. The normalized spacial score (nSPS) is 9.31. The molecular weight excluding hydrogens is 174 g/mol. The second kappa shape index (κ2) is 4.24. The van der Waals surface area contributed by atoms with Crippen molar-refractivity contribution in [2.75, 3.05) is 13.7 Å². The molecule has 0 saturated carbocycles. The van der Waals surface area contributed by atoms with Crippen LogP contribution in [-0.4, -0.2) is 30.2 Å². The summed E-state index contributed by atoms with van der Waals surface area (Å²) in [6, 6.07) is -0.383. The Kier molecular flexibility index (Phi) is 3.02. The van der Waals surface area contributed by atoms with Crippen molar-refractivity contribution in [1.82, 2.24) is 9.88 Å². The topological polar surface area (TPSA) is 74.5 Å². The van der Waals surface area contributed by atoms with Crippen molar-refractivity contribution in [2.24, 2.45) is 0 Å². The molecule has 2 N–H and O–H groups in total. The van der Waals surface area contributed by atoms with Gasteiger partial charge in [0.1, 0.15) is 18.9 Å². The highest BCUT2D eigenvalue weighted by molar-refractivity contribution is 5.81. The van der Waals surface area contributed by atoms with Crippen molar-refractivity contribution in [1.29, 1.82) is 0 Å². The van der Waals surface area contributed by atoms with E-state index in [0.29, 0.717) is 0 Å². The van der Waals surface area contributed by atoms with E-state index in [0.717, 1.165) is 0 Å². The van der Waals surface area contributed by atoms with E-state index in [1.54, 1.807) is 6.20 Å². The molecule has 0 aliphatic rings. The monoisotopic (exact) mass is 184 g/mol. The zero-order valence-electron chi connectivity index (χ0n) is 7.11. The Labute approximate surface area is 74.5 Å². The summed E-state index contributed by atoms with van der Waals surface area (Å²) < 4.78 is 5.63. The van der Waals surface area contributed by atoms with Gasteiger partial charge in [-0.15, -0.1) is 0 Å². The zero-order chi connectivity index (χ0) is 9.68. The number of nitrogens with zero attached hydrogens (tertiary/aromatic N) is 1. The van der Waals surface area contributed by atoms with Crippen LogP contribution in [0, 0.1) is 0 Å². The summed E-state index contributed by atoms with van der Waals surface area (Å²) in [6.45, 7) is -0.131. The maximum atomic E-state index is 11.2. The predicted octanol–water partition coefficient (Wildman–Crippen LogP) is -0.967. The number of rotatable bonds is 2. The molecule has 1 rings (SSSR count). The summed E-state index contributed by atoms with van der Waals surface area (Å²) in [6.07, 6.45) is 4.59. The third-order valence-corrected chi connectivity index (χ3v) is 1.39. The van der Waals surface area contributed by atoms with Gasteiger partial charge in [-0.2, -0.15) is 4.57 Å². The minimum atomic E-state index is -0.482. The standard InChI is InChI=1S/C7H9N3O3/c1-13-6(11)4-9-7(12)10-3-2-8-5-10/h2-3,5H,4H2,1H3,(H,9,12)/p+1. The van der Waals surface area contributed by atoms with Crippen LogP contribution in [0.1, 0.15) is 0 Å². The van der Waals surface area contributed by atoms with E-state index in [1.165, 1.54) is 24.2 Å². The fourth-order valence-corrected chi connectivity index (χ4v) is 0.727. The van der Waals surface area contributed by atoms with Crippen molar-refractivity contribution in [3.63, 3.8) is 0 Å².